The average molecular weight is 369 g/mol. The fourth-order valence-electron chi connectivity index (χ4n) is 2.31. The van der Waals surface area contributed by atoms with Crippen LogP contribution in [0.25, 0.3) is 0 Å². The zero-order valence-corrected chi connectivity index (χ0v) is 15.1. The van der Waals surface area contributed by atoms with Gasteiger partial charge >= 0.3 is 11.8 Å². The normalized spacial score (nSPS) is 18.3. The van der Waals surface area contributed by atoms with E-state index in [1.807, 2.05) is 13.8 Å². The molecule has 1 fully saturated rings. The summed E-state index contributed by atoms with van der Waals surface area (Å²) >= 11 is 0. The highest BCUT2D eigenvalue weighted by Crippen LogP contribution is 2.21. The molecule has 0 aliphatic carbocycles. The van der Waals surface area contributed by atoms with Crippen LogP contribution in [-0.4, -0.2) is 57.0 Å². The van der Waals surface area contributed by atoms with E-state index < -0.39 is 28.1 Å². The van der Waals surface area contributed by atoms with Crippen molar-refractivity contribution in [1.82, 2.24) is 14.9 Å². The van der Waals surface area contributed by atoms with Crippen LogP contribution in [0.2, 0.25) is 0 Å². The van der Waals surface area contributed by atoms with Crippen LogP contribution in [0.15, 0.2) is 35.2 Å². The van der Waals surface area contributed by atoms with Gasteiger partial charge in [0.05, 0.1) is 18.0 Å². The highest BCUT2D eigenvalue weighted by Gasteiger charge is 2.36. The Bertz CT molecular complexity index is 706. The summed E-state index contributed by atoms with van der Waals surface area (Å²) in [7, 11) is -3.72. The molecule has 8 nitrogen and oxygen atoms in total. The van der Waals surface area contributed by atoms with Crippen LogP contribution in [0.4, 0.5) is 0 Å². The van der Waals surface area contributed by atoms with Crippen molar-refractivity contribution in [1.29, 1.82) is 0 Å². The number of hydrogen-bond acceptors (Lipinski definition) is 5. The summed E-state index contributed by atoms with van der Waals surface area (Å²) < 4.78 is 31.9. The number of nitrogens with zero attached hydrogens (tertiary/aromatic N) is 1. The van der Waals surface area contributed by atoms with Crippen LogP contribution in [0.1, 0.15) is 13.8 Å². The molecule has 1 aliphatic heterocycles. The maximum atomic E-state index is 12.7. The first-order valence-corrected chi connectivity index (χ1v) is 9.51. The molecule has 9 heteroatoms. The molecule has 1 aliphatic rings. The van der Waals surface area contributed by atoms with Gasteiger partial charge in [0.2, 0.25) is 10.0 Å². The maximum absolute atomic E-state index is 12.7. The molecule has 1 heterocycles. The van der Waals surface area contributed by atoms with Crippen molar-refractivity contribution in [3.05, 3.63) is 30.3 Å². The van der Waals surface area contributed by atoms with E-state index in [1.165, 1.54) is 16.4 Å². The highest BCUT2D eigenvalue weighted by atomic mass is 32.2. The van der Waals surface area contributed by atoms with Crippen LogP contribution in [0.5, 0.6) is 0 Å². The number of ether oxygens (including phenoxy) is 1. The number of carbonyl (C=O) groups excluding carboxylic acids is 2. The first-order chi connectivity index (χ1) is 11.8. The van der Waals surface area contributed by atoms with Gasteiger partial charge in [0, 0.05) is 13.1 Å². The van der Waals surface area contributed by atoms with E-state index in [-0.39, 0.29) is 30.5 Å². The second-order valence-corrected chi connectivity index (χ2v) is 7.96. The lowest BCUT2D eigenvalue weighted by molar-refractivity contribution is -0.139. The van der Waals surface area contributed by atoms with Gasteiger partial charge in [-0.2, -0.15) is 4.31 Å². The van der Waals surface area contributed by atoms with Gasteiger partial charge in [0.15, 0.2) is 0 Å². The molecule has 2 amide bonds. The molecule has 0 unspecified atom stereocenters. The van der Waals surface area contributed by atoms with Gasteiger partial charge in [-0.25, -0.2) is 8.42 Å². The van der Waals surface area contributed by atoms with Crippen LogP contribution >= 0.6 is 0 Å². The van der Waals surface area contributed by atoms with Crippen LogP contribution in [0, 0.1) is 5.92 Å². The van der Waals surface area contributed by atoms with E-state index in [4.69, 9.17) is 4.74 Å². The second-order valence-electron chi connectivity index (χ2n) is 6.07. The third-order valence-electron chi connectivity index (χ3n) is 3.61. The van der Waals surface area contributed by atoms with Crippen molar-refractivity contribution < 1.29 is 22.7 Å². The smallest absolute Gasteiger partial charge is 0.309 e. The molecular formula is C16H23N3O5S. The van der Waals surface area contributed by atoms with Gasteiger partial charge in [-0.1, -0.05) is 32.0 Å². The van der Waals surface area contributed by atoms with Crippen molar-refractivity contribution in [2.45, 2.75) is 25.0 Å². The number of nitrogens with one attached hydrogen (secondary N) is 2. The molecule has 25 heavy (non-hydrogen) atoms. The van der Waals surface area contributed by atoms with Gasteiger partial charge in [0.1, 0.15) is 6.23 Å². The number of hydrogen-bond donors (Lipinski definition) is 2. The van der Waals surface area contributed by atoms with Crippen LogP contribution < -0.4 is 10.6 Å². The predicted octanol–water partition coefficient (Wildman–Crippen LogP) is -0.0780. The molecule has 2 N–H and O–H groups in total. The summed E-state index contributed by atoms with van der Waals surface area (Å²) in [6.45, 7) is 4.54. The minimum absolute atomic E-state index is 0.0972. The largest absolute Gasteiger partial charge is 0.359 e. The van der Waals surface area contributed by atoms with E-state index >= 15 is 0 Å². The molecule has 2 rings (SSSR count). The van der Waals surface area contributed by atoms with E-state index in [9.17, 15) is 18.0 Å². The lowest BCUT2D eigenvalue weighted by Crippen LogP contribution is -2.47. The van der Waals surface area contributed by atoms with E-state index in [2.05, 4.69) is 10.6 Å². The fraction of sp³-hybridized carbons (Fsp3) is 0.500. The van der Waals surface area contributed by atoms with Gasteiger partial charge in [0.25, 0.3) is 0 Å². The molecule has 1 saturated heterocycles. The third-order valence-corrected chi connectivity index (χ3v) is 5.51. The van der Waals surface area contributed by atoms with Crippen molar-refractivity contribution >= 4 is 21.8 Å². The van der Waals surface area contributed by atoms with Crippen LogP contribution in [-0.2, 0) is 24.3 Å². The summed E-state index contributed by atoms with van der Waals surface area (Å²) in [5.74, 6) is -1.33. The standard InChI is InChI=1S/C16H23N3O5S/c1-12(2)10-17-15(20)16(21)18-11-14-19(8-9-24-14)25(22,23)13-6-4-3-5-7-13/h3-7,12,14H,8-11H2,1-2H3,(H,17,20)(H,18,21)/t14-/m0/s1. The third kappa shape index (κ3) is 5.00. The topological polar surface area (TPSA) is 105 Å². The molecule has 0 bridgehead atoms. The van der Waals surface area contributed by atoms with E-state index in [0.29, 0.717) is 6.54 Å². The molecule has 0 spiro atoms. The Kier molecular flexibility index (Phi) is 6.51. The SMILES string of the molecule is CC(C)CNC(=O)C(=O)NC[C@@H]1OCCN1S(=O)(=O)c1ccccc1. The fourth-order valence-corrected chi connectivity index (χ4v) is 3.84. The van der Waals surface area contributed by atoms with Gasteiger partial charge in [-0.3, -0.25) is 9.59 Å². The molecule has 0 radical (unpaired) electrons. The lowest BCUT2D eigenvalue weighted by Gasteiger charge is -2.22. The molecule has 1 atom stereocenters. The number of sulfonamides is 1. The monoisotopic (exact) mass is 369 g/mol. The average Bonchev–Trinajstić information content (AvgIpc) is 3.07. The van der Waals surface area contributed by atoms with E-state index in [1.54, 1.807) is 18.2 Å². The quantitative estimate of drug-likeness (QED) is 0.683. The van der Waals surface area contributed by atoms with Gasteiger partial charge in [-0.05, 0) is 18.1 Å². The Morgan fingerprint density at radius 3 is 2.48 bits per heavy atom. The molecular weight excluding hydrogens is 346 g/mol. The van der Waals surface area contributed by atoms with Crippen molar-refractivity contribution in [2.75, 3.05) is 26.2 Å². The maximum Gasteiger partial charge on any atom is 0.309 e. The summed E-state index contributed by atoms with van der Waals surface area (Å²) in [5, 5.41) is 4.92. The lowest BCUT2D eigenvalue weighted by atomic mass is 10.2. The van der Waals surface area contributed by atoms with Crippen molar-refractivity contribution in [3.63, 3.8) is 0 Å². The first-order valence-electron chi connectivity index (χ1n) is 8.07. The number of benzene rings is 1. The Hall–Kier alpha value is -1.97. The second kappa shape index (κ2) is 8.41. The summed E-state index contributed by atoms with van der Waals surface area (Å²) in [6, 6.07) is 8.01. The Labute approximate surface area is 147 Å². The first kappa shape index (κ1) is 19.4. The summed E-state index contributed by atoms with van der Waals surface area (Å²) in [6.07, 6.45) is -0.841. The Morgan fingerprint density at radius 1 is 1.20 bits per heavy atom. The van der Waals surface area contributed by atoms with E-state index in [0.717, 1.165) is 0 Å². The highest BCUT2D eigenvalue weighted by molar-refractivity contribution is 7.89. The van der Waals surface area contributed by atoms with Crippen LogP contribution in [0.3, 0.4) is 0 Å². The molecule has 0 saturated carbocycles. The summed E-state index contributed by atoms with van der Waals surface area (Å²) in [5.41, 5.74) is 0. The number of carbonyl (C=O) groups is 2. The van der Waals surface area contributed by atoms with Gasteiger partial charge in [-0.15, -0.1) is 0 Å². The number of amides is 2. The Balaban J connectivity index is 1.96. The molecule has 0 aromatic heterocycles. The Morgan fingerprint density at radius 2 is 1.84 bits per heavy atom. The zero-order valence-electron chi connectivity index (χ0n) is 14.3. The summed E-state index contributed by atoms with van der Waals surface area (Å²) in [4.78, 5) is 23.6. The molecule has 1 aromatic rings. The zero-order chi connectivity index (χ0) is 18.4. The minimum Gasteiger partial charge on any atom is -0.359 e. The van der Waals surface area contributed by atoms with Crippen molar-refractivity contribution in [3.8, 4) is 0 Å². The number of rotatable bonds is 6. The predicted molar refractivity (Wildman–Crippen MR) is 90.9 cm³/mol. The van der Waals surface area contributed by atoms with Gasteiger partial charge < -0.3 is 15.4 Å². The minimum atomic E-state index is -3.72. The van der Waals surface area contributed by atoms with Crippen molar-refractivity contribution in [2.24, 2.45) is 5.92 Å². The molecule has 138 valence electrons. The molecule has 1 aromatic carbocycles.